The molecule has 1 saturated heterocycles. The molecule has 1 amide bonds. The molecule has 1 N–H and O–H groups in total. The van der Waals surface area contributed by atoms with Crippen LogP contribution in [0.4, 0.5) is 0 Å². The molecule has 1 aliphatic heterocycles. The Morgan fingerprint density at radius 1 is 1.29 bits per heavy atom. The molecule has 5 heteroatoms. The maximum absolute atomic E-state index is 13.0. The van der Waals surface area contributed by atoms with E-state index in [1.807, 2.05) is 25.6 Å². The summed E-state index contributed by atoms with van der Waals surface area (Å²) in [7, 11) is 1.91. The quantitative estimate of drug-likeness (QED) is 0.917. The van der Waals surface area contributed by atoms with Gasteiger partial charge in [0.05, 0.1) is 11.3 Å². The Labute approximate surface area is 126 Å². The second kappa shape index (κ2) is 5.79. The van der Waals surface area contributed by atoms with E-state index >= 15 is 0 Å². The van der Waals surface area contributed by atoms with Crippen molar-refractivity contribution < 1.29 is 4.79 Å². The fourth-order valence-corrected chi connectivity index (χ4v) is 3.35. The second-order valence-corrected chi connectivity index (χ2v) is 6.55. The number of hydrogen-bond donors (Lipinski definition) is 1. The zero-order valence-electron chi connectivity index (χ0n) is 13.4. The molecule has 1 saturated carbocycles. The number of aryl methyl sites for hydroxylation is 2. The molecule has 0 atom stereocenters. The van der Waals surface area contributed by atoms with E-state index in [0.29, 0.717) is 12.0 Å². The van der Waals surface area contributed by atoms with Gasteiger partial charge < -0.3 is 10.2 Å². The van der Waals surface area contributed by atoms with Crippen molar-refractivity contribution in [1.29, 1.82) is 0 Å². The van der Waals surface area contributed by atoms with Crippen molar-refractivity contribution in [3.63, 3.8) is 0 Å². The van der Waals surface area contributed by atoms with Gasteiger partial charge in [-0.2, -0.15) is 5.10 Å². The first-order valence-corrected chi connectivity index (χ1v) is 8.09. The summed E-state index contributed by atoms with van der Waals surface area (Å²) in [6.45, 7) is 7.02. The van der Waals surface area contributed by atoms with Crippen molar-refractivity contribution in [2.75, 3.05) is 19.6 Å². The lowest BCUT2D eigenvalue weighted by Crippen LogP contribution is -2.41. The van der Waals surface area contributed by atoms with Gasteiger partial charge in [-0.1, -0.05) is 0 Å². The number of carbonyl (C=O) groups is 1. The van der Waals surface area contributed by atoms with E-state index in [0.717, 1.165) is 49.4 Å². The van der Waals surface area contributed by atoms with Gasteiger partial charge in [0.25, 0.3) is 5.91 Å². The van der Waals surface area contributed by atoms with Gasteiger partial charge in [0.2, 0.25) is 0 Å². The summed E-state index contributed by atoms with van der Waals surface area (Å²) in [5.74, 6) is 0.840. The van der Waals surface area contributed by atoms with Crippen LogP contribution in [0.3, 0.4) is 0 Å². The van der Waals surface area contributed by atoms with Crippen molar-refractivity contribution in [3.05, 3.63) is 17.0 Å². The summed E-state index contributed by atoms with van der Waals surface area (Å²) in [5, 5.41) is 7.80. The Hall–Kier alpha value is -1.36. The van der Waals surface area contributed by atoms with Crippen LogP contribution in [0.25, 0.3) is 0 Å². The van der Waals surface area contributed by atoms with E-state index in [1.54, 1.807) is 0 Å². The summed E-state index contributed by atoms with van der Waals surface area (Å²) < 4.78 is 1.82. The predicted molar refractivity (Wildman–Crippen MR) is 82.3 cm³/mol. The number of amides is 1. The number of nitrogens with one attached hydrogen (secondary N) is 1. The van der Waals surface area contributed by atoms with Gasteiger partial charge in [0, 0.05) is 25.3 Å². The fraction of sp³-hybridized carbons (Fsp3) is 0.750. The van der Waals surface area contributed by atoms with Crippen LogP contribution in [-0.4, -0.2) is 46.3 Å². The Balaban J connectivity index is 1.78. The lowest BCUT2D eigenvalue weighted by atomic mass is 9.97. The van der Waals surface area contributed by atoms with Crippen LogP contribution in [0.15, 0.2) is 0 Å². The van der Waals surface area contributed by atoms with Crippen molar-refractivity contribution in [2.24, 2.45) is 13.0 Å². The van der Waals surface area contributed by atoms with E-state index in [2.05, 4.69) is 15.3 Å². The summed E-state index contributed by atoms with van der Waals surface area (Å²) in [6, 6.07) is 0.464. The first-order chi connectivity index (χ1) is 10.1. The smallest absolute Gasteiger partial charge is 0.257 e. The van der Waals surface area contributed by atoms with Crippen molar-refractivity contribution in [3.8, 4) is 0 Å². The van der Waals surface area contributed by atoms with Crippen LogP contribution in [0.2, 0.25) is 0 Å². The van der Waals surface area contributed by atoms with Gasteiger partial charge in [0.15, 0.2) is 0 Å². The van der Waals surface area contributed by atoms with Crippen LogP contribution >= 0.6 is 0 Å². The van der Waals surface area contributed by atoms with Gasteiger partial charge >= 0.3 is 0 Å². The van der Waals surface area contributed by atoms with Crippen LogP contribution < -0.4 is 5.32 Å². The molecule has 0 aromatic carbocycles. The molecule has 0 unspecified atom stereocenters. The van der Waals surface area contributed by atoms with Crippen molar-refractivity contribution >= 4 is 5.91 Å². The molecular weight excluding hydrogens is 264 g/mol. The van der Waals surface area contributed by atoms with Crippen LogP contribution in [-0.2, 0) is 7.05 Å². The van der Waals surface area contributed by atoms with Crippen LogP contribution in [0.1, 0.15) is 47.4 Å². The lowest BCUT2D eigenvalue weighted by molar-refractivity contribution is 0.0700. The summed E-state index contributed by atoms with van der Waals surface area (Å²) >= 11 is 0. The minimum absolute atomic E-state index is 0.194. The predicted octanol–water partition coefficient (Wildman–Crippen LogP) is 1.64. The lowest BCUT2D eigenvalue weighted by Gasteiger charge is -2.30. The van der Waals surface area contributed by atoms with E-state index in [1.165, 1.54) is 12.8 Å². The SMILES string of the molecule is Cc1nn(C)c(C)c1C(=O)N(CC1CCNCC1)C1CC1. The maximum Gasteiger partial charge on any atom is 0.257 e. The molecule has 3 rings (SSSR count). The number of aromatic nitrogens is 2. The van der Waals surface area contributed by atoms with Crippen molar-refractivity contribution in [1.82, 2.24) is 20.0 Å². The Morgan fingerprint density at radius 2 is 1.95 bits per heavy atom. The van der Waals surface area contributed by atoms with Gasteiger partial charge in [-0.3, -0.25) is 9.48 Å². The molecule has 116 valence electrons. The molecule has 1 aromatic heterocycles. The monoisotopic (exact) mass is 290 g/mol. The maximum atomic E-state index is 13.0. The molecule has 21 heavy (non-hydrogen) atoms. The average Bonchev–Trinajstić information content (AvgIpc) is 3.26. The van der Waals surface area contributed by atoms with Gasteiger partial charge in [-0.15, -0.1) is 0 Å². The van der Waals surface area contributed by atoms with E-state index in [-0.39, 0.29) is 5.91 Å². The third kappa shape index (κ3) is 2.98. The highest BCUT2D eigenvalue weighted by Crippen LogP contribution is 2.31. The van der Waals surface area contributed by atoms with Gasteiger partial charge in [-0.25, -0.2) is 0 Å². The topological polar surface area (TPSA) is 50.2 Å². The highest BCUT2D eigenvalue weighted by atomic mass is 16.2. The summed E-state index contributed by atoms with van der Waals surface area (Å²) in [5.41, 5.74) is 2.66. The second-order valence-electron chi connectivity index (χ2n) is 6.55. The number of nitrogens with zero attached hydrogens (tertiary/aromatic N) is 3. The molecule has 0 spiro atoms. The number of rotatable bonds is 4. The van der Waals surface area contributed by atoms with E-state index in [4.69, 9.17) is 0 Å². The zero-order chi connectivity index (χ0) is 15.0. The third-order valence-electron chi connectivity index (χ3n) is 4.89. The number of carbonyl (C=O) groups excluding carboxylic acids is 1. The largest absolute Gasteiger partial charge is 0.335 e. The molecule has 2 fully saturated rings. The van der Waals surface area contributed by atoms with Gasteiger partial charge in [0.1, 0.15) is 0 Å². The molecule has 5 nitrogen and oxygen atoms in total. The average molecular weight is 290 g/mol. The minimum Gasteiger partial charge on any atom is -0.335 e. The van der Waals surface area contributed by atoms with Gasteiger partial charge in [-0.05, 0) is 58.5 Å². The Bertz CT molecular complexity index is 527. The fourth-order valence-electron chi connectivity index (χ4n) is 3.35. The summed E-state index contributed by atoms with van der Waals surface area (Å²) in [6.07, 6.45) is 4.69. The Morgan fingerprint density at radius 3 is 2.48 bits per heavy atom. The van der Waals surface area contributed by atoms with Crippen LogP contribution in [0.5, 0.6) is 0 Å². The third-order valence-corrected chi connectivity index (χ3v) is 4.89. The standard InChI is InChI=1S/C16H26N4O/c1-11-15(12(2)19(3)18-11)16(21)20(14-4-5-14)10-13-6-8-17-9-7-13/h13-14,17H,4-10H2,1-3H3. The molecular formula is C16H26N4O. The number of piperidine rings is 1. The molecule has 1 aromatic rings. The minimum atomic E-state index is 0.194. The van der Waals surface area contributed by atoms with Crippen molar-refractivity contribution in [2.45, 2.75) is 45.6 Å². The highest BCUT2D eigenvalue weighted by molar-refractivity contribution is 5.96. The normalized spacial score (nSPS) is 19.8. The molecule has 1 aliphatic carbocycles. The first kappa shape index (κ1) is 14.6. The molecule has 0 radical (unpaired) electrons. The highest BCUT2D eigenvalue weighted by Gasteiger charge is 2.36. The van der Waals surface area contributed by atoms with E-state index < -0.39 is 0 Å². The van der Waals surface area contributed by atoms with Crippen LogP contribution in [0, 0.1) is 19.8 Å². The zero-order valence-corrected chi connectivity index (χ0v) is 13.4. The van der Waals surface area contributed by atoms with E-state index in [9.17, 15) is 4.79 Å². The molecule has 0 bridgehead atoms. The molecule has 2 aliphatic rings. The first-order valence-electron chi connectivity index (χ1n) is 8.09. The Kier molecular flexibility index (Phi) is 4.02. The molecule has 2 heterocycles. The summed E-state index contributed by atoms with van der Waals surface area (Å²) in [4.78, 5) is 15.1. The number of hydrogen-bond acceptors (Lipinski definition) is 3.